The molecule has 0 fully saturated rings. The summed E-state index contributed by atoms with van der Waals surface area (Å²) in [7, 11) is -4.23. The summed E-state index contributed by atoms with van der Waals surface area (Å²) in [6, 6.07) is 0. The molecule has 8 heteroatoms. The lowest BCUT2D eigenvalue weighted by Gasteiger charge is -2.08. The van der Waals surface area contributed by atoms with Crippen LogP contribution in [-0.4, -0.2) is 39.1 Å². The van der Waals surface area contributed by atoms with Crippen molar-refractivity contribution in [3.05, 3.63) is 0 Å². The van der Waals surface area contributed by atoms with Crippen LogP contribution in [0.2, 0.25) is 0 Å². The molecule has 0 aliphatic heterocycles. The second-order valence-electron chi connectivity index (χ2n) is 4.61. The number of aliphatic hydroxyl groups excluding tert-OH is 2. The average molecular weight is 315 g/mol. The maximum Gasteiger partial charge on any atom is 0.469 e. The molecule has 0 saturated carbocycles. The fraction of sp³-hybridized carbons (Fsp3) is 1.00. The van der Waals surface area contributed by atoms with Crippen molar-refractivity contribution in [3.8, 4) is 0 Å². The molecule has 0 saturated heterocycles. The van der Waals surface area contributed by atoms with Crippen LogP contribution in [-0.2, 0) is 9.09 Å². The predicted octanol–water partition coefficient (Wildman–Crippen LogP) is 1.71. The van der Waals surface area contributed by atoms with Crippen LogP contribution in [0.1, 0.15) is 59.3 Å². The van der Waals surface area contributed by atoms with Crippen LogP contribution in [0.25, 0.3) is 0 Å². The van der Waals surface area contributed by atoms with Gasteiger partial charge >= 0.3 is 7.82 Å². The lowest BCUT2D eigenvalue weighted by molar-refractivity contribution is 0.0632. The Morgan fingerprint density at radius 1 is 1.00 bits per heavy atom. The molecule has 0 bridgehead atoms. The van der Waals surface area contributed by atoms with Crippen LogP contribution in [0.15, 0.2) is 0 Å². The van der Waals surface area contributed by atoms with Gasteiger partial charge in [-0.2, -0.15) is 0 Å². The van der Waals surface area contributed by atoms with E-state index in [1.165, 1.54) is 19.3 Å². The number of unbranched alkanes of at least 4 members (excludes halogenated alkanes) is 5. The summed E-state index contributed by atoms with van der Waals surface area (Å²) in [5.41, 5.74) is 0. The highest BCUT2D eigenvalue weighted by molar-refractivity contribution is 7.46. The third kappa shape index (κ3) is 26.5. The van der Waals surface area contributed by atoms with E-state index in [4.69, 9.17) is 20.0 Å². The van der Waals surface area contributed by atoms with Crippen molar-refractivity contribution < 1.29 is 29.1 Å². The van der Waals surface area contributed by atoms with Gasteiger partial charge in [0.15, 0.2) is 0 Å². The van der Waals surface area contributed by atoms with Gasteiger partial charge in [-0.3, -0.25) is 9.84 Å². The molecule has 0 spiro atoms. The number of rotatable bonds is 10. The van der Waals surface area contributed by atoms with Crippen LogP contribution in [0.3, 0.4) is 0 Å². The van der Waals surface area contributed by atoms with Gasteiger partial charge in [0.25, 0.3) is 0 Å². The van der Waals surface area contributed by atoms with E-state index in [9.17, 15) is 4.57 Å². The van der Waals surface area contributed by atoms with Gasteiger partial charge in [-0.15, -0.1) is 0 Å². The molecule has 20 heavy (non-hydrogen) atoms. The summed E-state index contributed by atoms with van der Waals surface area (Å²) in [6.07, 6.45) is 5.23. The molecule has 124 valence electrons. The smallest absolute Gasteiger partial charge is 0.379 e. The summed E-state index contributed by atoms with van der Waals surface area (Å²) in [5.74, 6) is 0. The highest BCUT2D eigenvalue weighted by Crippen LogP contribution is 2.35. The third-order valence-electron chi connectivity index (χ3n) is 2.24. The van der Waals surface area contributed by atoms with Gasteiger partial charge in [0.2, 0.25) is 0 Å². The molecule has 0 aliphatic carbocycles. The van der Waals surface area contributed by atoms with E-state index in [1.54, 1.807) is 13.8 Å². The van der Waals surface area contributed by atoms with Crippen LogP contribution in [0.5, 0.6) is 0 Å². The molecule has 7 nitrogen and oxygen atoms in total. The normalized spacial score (nSPS) is 14.3. The molecule has 0 aromatic heterocycles. The Morgan fingerprint density at radius 2 is 1.45 bits per heavy atom. The lowest BCUT2D eigenvalue weighted by atomic mass is 10.1. The van der Waals surface area contributed by atoms with E-state index in [-0.39, 0.29) is 6.61 Å². The predicted molar refractivity (Wildman–Crippen MR) is 77.9 cm³/mol. The van der Waals surface area contributed by atoms with Gasteiger partial charge in [0.05, 0.1) is 6.61 Å². The largest absolute Gasteiger partial charge is 0.469 e. The number of nitrogens with one attached hydrogen (secondary N) is 1. The quantitative estimate of drug-likeness (QED) is 0.236. The molecular weight excluding hydrogens is 285 g/mol. The van der Waals surface area contributed by atoms with Gasteiger partial charge < -0.3 is 20.0 Å². The molecule has 0 amide bonds. The molecule has 0 aromatic carbocycles. The highest BCUT2D eigenvalue weighted by atomic mass is 31.2. The van der Waals surface area contributed by atoms with Crippen molar-refractivity contribution in [1.29, 1.82) is 0 Å². The highest BCUT2D eigenvalue weighted by Gasteiger charge is 2.12. The second-order valence-corrected chi connectivity index (χ2v) is 5.85. The number of phosphoric acid groups is 1. The first-order chi connectivity index (χ1) is 9.19. The summed E-state index contributed by atoms with van der Waals surface area (Å²) in [4.78, 5) is 16.7. The molecule has 0 heterocycles. The van der Waals surface area contributed by atoms with E-state index in [1.807, 2.05) is 0 Å². The maximum absolute atomic E-state index is 10.2. The van der Waals surface area contributed by atoms with Crippen LogP contribution in [0.4, 0.5) is 0 Å². The van der Waals surface area contributed by atoms with Crippen LogP contribution in [0, 0.1) is 0 Å². The Kier molecular flexibility index (Phi) is 15.5. The van der Waals surface area contributed by atoms with Crippen LogP contribution < -0.4 is 5.32 Å². The zero-order valence-corrected chi connectivity index (χ0v) is 13.6. The lowest BCUT2D eigenvalue weighted by Crippen LogP contribution is -2.33. The second kappa shape index (κ2) is 13.9. The minimum absolute atomic E-state index is 0.163. The molecule has 2 atom stereocenters. The van der Waals surface area contributed by atoms with Gasteiger partial charge in [0.1, 0.15) is 12.5 Å². The number of phosphoric ester groups is 1. The van der Waals surface area contributed by atoms with Crippen molar-refractivity contribution in [3.63, 3.8) is 0 Å². The fourth-order valence-electron chi connectivity index (χ4n) is 1.41. The molecule has 0 radical (unpaired) electrons. The first-order valence-corrected chi connectivity index (χ1v) is 8.54. The van der Waals surface area contributed by atoms with Crippen molar-refractivity contribution >= 4 is 7.82 Å². The van der Waals surface area contributed by atoms with E-state index in [0.29, 0.717) is 0 Å². The van der Waals surface area contributed by atoms with E-state index in [0.717, 1.165) is 19.3 Å². The molecule has 2 unspecified atom stereocenters. The standard InChI is InChI=1S/C8H19O4P.C4H11NO2/c1-2-3-4-5-6-7-8-12-13(9,10)11;1-3(6)5-4(2)7/h2-8H2,1H3,(H2,9,10,11);3-7H,1-2H3. The first kappa shape index (κ1) is 22.3. The molecule has 0 aliphatic rings. The fourth-order valence-corrected chi connectivity index (χ4v) is 1.78. The molecular formula is C12H30NO6P. The Hall–Kier alpha value is -0.0100. The minimum atomic E-state index is -4.23. The van der Waals surface area contributed by atoms with Crippen molar-refractivity contribution in [1.82, 2.24) is 5.32 Å². The molecule has 5 N–H and O–H groups in total. The minimum Gasteiger partial charge on any atom is -0.379 e. The van der Waals surface area contributed by atoms with Gasteiger partial charge in [-0.25, -0.2) is 4.57 Å². The SMILES string of the molecule is CC(O)NC(C)O.CCCCCCCCOP(=O)(O)O. The topological polar surface area (TPSA) is 119 Å². The Labute approximate surface area is 121 Å². The van der Waals surface area contributed by atoms with E-state index < -0.39 is 20.3 Å². The monoisotopic (exact) mass is 315 g/mol. The molecule has 0 aromatic rings. The summed E-state index contributed by atoms with van der Waals surface area (Å²) < 4.78 is 14.5. The van der Waals surface area contributed by atoms with Crippen molar-refractivity contribution in [2.45, 2.75) is 71.8 Å². The number of hydrogen-bond donors (Lipinski definition) is 5. The van der Waals surface area contributed by atoms with Gasteiger partial charge in [-0.05, 0) is 20.3 Å². The maximum atomic E-state index is 10.2. The third-order valence-corrected chi connectivity index (χ3v) is 2.76. The zero-order chi connectivity index (χ0) is 16.0. The van der Waals surface area contributed by atoms with Gasteiger partial charge in [-0.1, -0.05) is 39.0 Å². The van der Waals surface area contributed by atoms with E-state index in [2.05, 4.69) is 16.8 Å². The van der Waals surface area contributed by atoms with Crippen molar-refractivity contribution in [2.75, 3.05) is 6.61 Å². The Balaban J connectivity index is 0. The Bertz CT molecular complexity index is 238. The van der Waals surface area contributed by atoms with Gasteiger partial charge in [0, 0.05) is 0 Å². The average Bonchev–Trinajstić information content (AvgIpc) is 2.25. The Morgan fingerprint density at radius 3 is 1.80 bits per heavy atom. The van der Waals surface area contributed by atoms with E-state index >= 15 is 0 Å². The number of aliphatic hydroxyl groups is 2. The van der Waals surface area contributed by atoms with Crippen LogP contribution >= 0.6 is 7.82 Å². The molecule has 0 rings (SSSR count). The summed E-state index contributed by atoms with van der Waals surface area (Å²) >= 11 is 0. The summed E-state index contributed by atoms with van der Waals surface area (Å²) in [6.45, 7) is 5.41. The number of hydrogen-bond acceptors (Lipinski definition) is 5. The summed E-state index contributed by atoms with van der Waals surface area (Å²) in [5, 5.41) is 19.3. The zero-order valence-electron chi connectivity index (χ0n) is 12.7. The first-order valence-electron chi connectivity index (χ1n) is 7.01. The van der Waals surface area contributed by atoms with Crippen molar-refractivity contribution in [2.24, 2.45) is 0 Å².